The normalized spacial score (nSPS) is 13.7. The van der Waals surface area contributed by atoms with Gasteiger partial charge in [0.25, 0.3) is 0 Å². The minimum absolute atomic E-state index is 0.114. The molecule has 6 aromatic carbocycles. The van der Waals surface area contributed by atoms with Gasteiger partial charge in [-0.25, -0.2) is 0 Å². The number of ether oxygens (including phenoxy) is 6. The summed E-state index contributed by atoms with van der Waals surface area (Å²) in [5.41, 5.74) is 17.6. The highest BCUT2D eigenvalue weighted by molar-refractivity contribution is 5.61. The first-order valence-corrected chi connectivity index (χ1v) is 30.4. The van der Waals surface area contributed by atoms with E-state index in [1.165, 1.54) is 16.7 Å². The monoisotopic (exact) mass is 1150 g/mol. The van der Waals surface area contributed by atoms with Crippen LogP contribution in [0.3, 0.4) is 0 Å². The van der Waals surface area contributed by atoms with E-state index >= 15 is 0 Å². The molecule has 9 nitrogen and oxygen atoms in total. The molecule has 0 radical (unpaired) electrons. The number of methoxy groups -OCH3 is 3. The Bertz CT molecular complexity index is 2800. The minimum Gasteiger partial charge on any atom is -0.496 e. The summed E-state index contributed by atoms with van der Waals surface area (Å²) in [4.78, 5) is 0. The van der Waals surface area contributed by atoms with Crippen molar-refractivity contribution in [2.75, 3.05) is 61.0 Å². The molecule has 0 aliphatic heterocycles. The van der Waals surface area contributed by atoms with Crippen molar-refractivity contribution in [3.8, 4) is 34.5 Å². The number of fused-ring (bicyclic) bond motifs is 12. The van der Waals surface area contributed by atoms with Crippen LogP contribution in [0.4, 0.5) is 0 Å². The summed E-state index contributed by atoms with van der Waals surface area (Å²) < 4.78 is 40.5. The smallest absolute Gasteiger partial charge is 0.126 e. The van der Waals surface area contributed by atoms with Gasteiger partial charge in [0.15, 0.2) is 0 Å². The summed E-state index contributed by atoms with van der Waals surface area (Å²) in [5.74, 6) is 4.57. The van der Waals surface area contributed by atoms with E-state index in [9.17, 15) is 15.3 Å². The van der Waals surface area contributed by atoms with Crippen LogP contribution in [0.5, 0.6) is 34.5 Å². The SMILES string of the molecule is COc1c2cc(C(C)(C)C)cc1Cc1cc(C(C)(C)C)cc(c1OCCO)Cc1cc(C(C)(C)C)cc(c1OC)Cc1cc(C(C)(C)C)cc(c1OCCO)Cc1cc(C(C)(C)C)cc(c1OC)Cc1cc(C(C)(C)C)cc(c1OCCO)C2. The van der Waals surface area contributed by atoms with Crippen LogP contribution in [0.25, 0.3) is 0 Å². The molecule has 0 spiro atoms. The van der Waals surface area contributed by atoms with Crippen LogP contribution in [0.15, 0.2) is 72.8 Å². The largest absolute Gasteiger partial charge is 0.496 e. The second kappa shape index (κ2) is 25.5. The van der Waals surface area contributed by atoms with E-state index in [0.717, 1.165) is 118 Å². The topological polar surface area (TPSA) is 116 Å². The third-order valence-electron chi connectivity index (χ3n) is 16.6. The average Bonchev–Trinajstić information content (AvgIpc) is 1.40. The Morgan fingerprint density at radius 3 is 0.488 bits per heavy atom. The van der Waals surface area contributed by atoms with E-state index < -0.39 is 0 Å². The predicted octanol–water partition coefficient (Wildman–Crippen LogP) is 15.5. The zero-order valence-corrected chi connectivity index (χ0v) is 55.2. The predicted molar refractivity (Wildman–Crippen MR) is 345 cm³/mol. The highest BCUT2D eigenvalue weighted by Gasteiger charge is 2.31. The van der Waals surface area contributed by atoms with Crippen molar-refractivity contribution in [1.29, 1.82) is 0 Å². The molecular formula is C75H102O9. The molecule has 0 saturated heterocycles. The van der Waals surface area contributed by atoms with Crippen LogP contribution < -0.4 is 28.4 Å². The molecule has 456 valence electrons. The maximum absolute atomic E-state index is 10.5. The lowest BCUT2D eigenvalue weighted by molar-refractivity contribution is 0.199. The Balaban J connectivity index is 1.70. The zero-order chi connectivity index (χ0) is 62.1. The van der Waals surface area contributed by atoms with Gasteiger partial charge >= 0.3 is 0 Å². The van der Waals surface area contributed by atoms with Crippen LogP contribution in [-0.2, 0) is 71.0 Å². The van der Waals surface area contributed by atoms with Crippen molar-refractivity contribution < 1.29 is 43.7 Å². The molecule has 0 atom stereocenters. The molecular weight excluding hydrogens is 1040 g/mol. The summed E-state index contributed by atoms with van der Waals surface area (Å²) in [6.07, 6.45) is 2.91. The number of benzene rings is 6. The molecule has 84 heavy (non-hydrogen) atoms. The standard InChI is InChI=1S/C75H102O9/c1-70(2,3)58-34-46-28-52-40-61(73(10,11)12)42-54(67(52)82-25-22-76)30-48-36-59(71(4,5)6)38-50(65(48)80-20)32-56-44-63(75(16,17)18)45-57(69(56)84-27-24-78)33-51-39-60(72(7,8)9)37-49(66(51)81-21)31-55-43-62(74(13,14)15)41-53(68(55)83-26-23-77)29-47(35-58)64(46)79-19/h34-45,76-78H,22-33H2,1-21H3. The summed E-state index contributed by atoms with van der Waals surface area (Å²) in [6, 6.07) is 27.6. The van der Waals surface area contributed by atoms with Crippen molar-refractivity contribution in [3.63, 3.8) is 0 Å². The fourth-order valence-electron chi connectivity index (χ4n) is 11.7. The van der Waals surface area contributed by atoms with Crippen molar-refractivity contribution in [1.82, 2.24) is 0 Å². The van der Waals surface area contributed by atoms with Crippen LogP contribution >= 0.6 is 0 Å². The van der Waals surface area contributed by atoms with Gasteiger partial charge < -0.3 is 43.7 Å². The van der Waals surface area contributed by atoms with E-state index in [4.69, 9.17) is 28.4 Å². The second-order valence-corrected chi connectivity index (χ2v) is 29.6. The molecule has 1 aliphatic carbocycles. The molecule has 12 bridgehead atoms. The van der Waals surface area contributed by atoms with E-state index in [2.05, 4.69) is 197 Å². The van der Waals surface area contributed by atoms with Gasteiger partial charge in [-0.3, -0.25) is 0 Å². The molecule has 7 rings (SSSR count). The quantitative estimate of drug-likeness (QED) is 0.110. The molecule has 0 aromatic heterocycles. The van der Waals surface area contributed by atoms with Gasteiger partial charge in [-0.2, -0.15) is 0 Å². The van der Waals surface area contributed by atoms with Crippen LogP contribution in [-0.4, -0.2) is 76.3 Å². The third-order valence-corrected chi connectivity index (χ3v) is 16.6. The summed E-state index contributed by atoms with van der Waals surface area (Å²) in [6.45, 7) is 40.5. The van der Waals surface area contributed by atoms with E-state index in [0.29, 0.717) is 38.5 Å². The third kappa shape index (κ3) is 15.1. The summed E-state index contributed by atoms with van der Waals surface area (Å²) in [7, 11) is 5.32. The number of aliphatic hydroxyl groups excluding tert-OH is 3. The van der Waals surface area contributed by atoms with Gasteiger partial charge in [-0.1, -0.05) is 197 Å². The van der Waals surface area contributed by atoms with Crippen LogP contribution in [0.1, 0.15) is 225 Å². The molecule has 6 aromatic rings. The number of hydrogen-bond donors (Lipinski definition) is 3. The Labute approximate surface area is 505 Å². The first kappa shape index (κ1) is 65.5. The second-order valence-electron chi connectivity index (χ2n) is 29.6. The molecule has 1 aliphatic rings. The average molecular weight is 1150 g/mol. The van der Waals surface area contributed by atoms with Gasteiger partial charge in [0.1, 0.15) is 54.3 Å². The molecule has 0 saturated carbocycles. The molecule has 3 N–H and O–H groups in total. The molecule has 0 fully saturated rings. The lowest BCUT2D eigenvalue weighted by Crippen LogP contribution is -2.18. The molecule has 0 amide bonds. The highest BCUT2D eigenvalue weighted by Crippen LogP contribution is 2.46. The number of hydrogen-bond acceptors (Lipinski definition) is 9. The fraction of sp³-hybridized carbons (Fsp3) is 0.520. The zero-order valence-electron chi connectivity index (χ0n) is 55.2. The maximum Gasteiger partial charge on any atom is 0.126 e. The van der Waals surface area contributed by atoms with Gasteiger partial charge in [0.2, 0.25) is 0 Å². The number of aliphatic hydroxyl groups is 3. The summed E-state index contributed by atoms with van der Waals surface area (Å²) >= 11 is 0. The van der Waals surface area contributed by atoms with E-state index in [1.54, 1.807) is 21.3 Å². The van der Waals surface area contributed by atoms with Crippen molar-refractivity contribution in [2.24, 2.45) is 0 Å². The summed E-state index contributed by atoms with van der Waals surface area (Å²) in [5, 5.41) is 31.5. The lowest BCUT2D eigenvalue weighted by Gasteiger charge is -2.29. The van der Waals surface area contributed by atoms with Crippen LogP contribution in [0, 0.1) is 0 Å². The Morgan fingerprint density at radius 1 is 0.250 bits per heavy atom. The van der Waals surface area contributed by atoms with Crippen molar-refractivity contribution in [3.05, 3.63) is 173 Å². The molecule has 0 heterocycles. The Morgan fingerprint density at radius 2 is 0.381 bits per heavy atom. The maximum atomic E-state index is 10.5. The van der Waals surface area contributed by atoms with Crippen LogP contribution in [0.2, 0.25) is 0 Å². The van der Waals surface area contributed by atoms with Gasteiger partial charge in [0.05, 0.1) is 41.2 Å². The Hall–Kier alpha value is -6.00. The fourth-order valence-corrected chi connectivity index (χ4v) is 11.7. The highest BCUT2D eigenvalue weighted by atomic mass is 16.5. The molecule has 0 unspecified atom stereocenters. The first-order valence-electron chi connectivity index (χ1n) is 30.4. The Kier molecular flexibility index (Phi) is 19.9. The lowest BCUT2D eigenvalue weighted by atomic mass is 9.79. The first-order chi connectivity index (χ1) is 39.1. The van der Waals surface area contributed by atoms with E-state index in [-0.39, 0.29) is 72.1 Å². The minimum atomic E-state index is -0.243. The van der Waals surface area contributed by atoms with Crippen molar-refractivity contribution >= 4 is 0 Å². The number of rotatable bonds is 12. The van der Waals surface area contributed by atoms with E-state index in [1.807, 2.05) is 0 Å². The molecule has 9 heteroatoms. The van der Waals surface area contributed by atoms with Crippen molar-refractivity contribution in [2.45, 2.75) is 196 Å². The van der Waals surface area contributed by atoms with Gasteiger partial charge in [0, 0.05) is 38.5 Å². The van der Waals surface area contributed by atoms with Gasteiger partial charge in [-0.15, -0.1) is 0 Å². The van der Waals surface area contributed by atoms with Gasteiger partial charge in [-0.05, 0) is 133 Å².